The first-order valence-corrected chi connectivity index (χ1v) is 7.38. The summed E-state index contributed by atoms with van der Waals surface area (Å²) in [5.41, 5.74) is 6.86. The summed E-state index contributed by atoms with van der Waals surface area (Å²) in [5, 5.41) is 5.52. The highest BCUT2D eigenvalue weighted by atomic mass is 16.2. The SMILES string of the molecule is CCC(C)C(N)C(=O)NCCC(=O)NCc1ccccc1. The monoisotopic (exact) mass is 291 g/mol. The van der Waals surface area contributed by atoms with Crippen LogP contribution in [0.2, 0.25) is 0 Å². The maximum atomic E-state index is 11.7. The van der Waals surface area contributed by atoms with Gasteiger partial charge in [0.2, 0.25) is 11.8 Å². The van der Waals surface area contributed by atoms with Crippen molar-refractivity contribution in [2.75, 3.05) is 6.54 Å². The van der Waals surface area contributed by atoms with Gasteiger partial charge in [-0.25, -0.2) is 0 Å². The highest BCUT2D eigenvalue weighted by Crippen LogP contribution is 2.04. The lowest BCUT2D eigenvalue weighted by Crippen LogP contribution is -2.45. The van der Waals surface area contributed by atoms with Gasteiger partial charge in [0.05, 0.1) is 6.04 Å². The fraction of sp³-hybridized carbons (Fsp3) is 0.500. The van der Waals surface area contributed by atoms with E-state index in [-0.39, 0.29) is 24.2 Å². The Bertz CT molecular complexity index is 448. The van der Waals surface area contributed by atoms with Crippen molar-refractivity contribution in [2.45, 2.75) is 39.3 Å². The highest BCUT2D eigenvalue weighted by molar-refractivity contribution is 5.82. The second-order valence-corrected chi connectivity index (χ2v) is 5.21. The zero-order valence-corrected chi connectivity index (χ0v) is 12.8. The van der Waals surface area contributed by atoms with Gasteiger partial charge in [0.1, 0.15) is 0 Å². The summed E-state index contributed by atoms with van der Waals surface area (Å²) < 4.78 is 0. The number of nitrogens with two attached hydrogens (primary N) is 1. The van der Waals surface area contributed by atoms with E-state index in [2.05, 4.69) is 10.6 Å². The molecule has 1 rings (SSSR count). The van der Waals surface area contributed by atoms with Crippen LogP contribution in [0.15, 0.2) is 30.3 Å². The molecule has 2 atom stereocenters. The standard InChI is InChI=1S/C16H25N3O2/c1-3-12(2)15(17)16(21)18-10-9-14(20)19-11-13-7-5-4-6-8-13/h4-8,12,15H,3,9-11,17H2,1-2H3,(H,18,21)(H,19,20). The van der Waals surface area contributed by atoms with Crippen LogP contribution in [-0.2, 0) is 16.1 Å². The predicted molar refractivity (Wildman–Crippen MR) is 83.3 cm³/mol. The quantitative estimate of drug-likeness (QED) is 0.672. The smallest absolute Gasteiger partial charge is 0.237 e. The van der Waals surface area contributed by atoms with Gasteiger partial charge in [-0.3, -0.25) is 9.59 Å². The fourth-order valence-electron chi connectivity index (χ4n) is 1.81. The van der Waals surface area contributed by atoms with Crippen LogP contribution >= 0.6 is 0 Å². The number of hydrogen-bond acceptors (Lipinski definition) is 3. The molecule has 5 nitrogen and oxygen atoms in total. The molecule has 0 saturated heterocycles. The molecule has 116 valence electrons. The molecule has 0 aliphatic rings. The maximum Gasteiger partial charge on any atom is 0.237 e. The molecular weight excluding hydrogens is 266 g/mol. The van der Waals surface area contributed by atoms with Crippen LogP contribution in [0.5, 0.6) is 0 Å². The lowest BCUT2D eigenvalue weighted by Gasteiger charge is -2.17. The number of carbonyl (C=O) groups is 2. The second kappa shape index (κ2) is 9.13. The van der Waals surface area contributed by atoms with E-state index in [9.17, 15) is 9.59 Å². The van der Waals surface area contributed by atoms with E-state index in [4.69, 9.17) is 5.73 Å². The molecule has 21 heavy (non-hydrogen) atoms. The molecule has 0 aromatic heterocycles. The average molecular weight is 291 g/mol. The number of amides is 2. The fourth-order valence-corrected chi connectivity index (χ4v) is 1.81. The molecule has 1 aromatic rings. The third kappa shape index (κ3) is 6.40. The summed E-state index contributed by atoms with van der Waals surface area (Å²) in [5.74, 6) is -0.145. The van der Waals surface area contributed by atoms with E-state index in [1.165, 1.54) is 0 Å². The predicted octanol–water partition coefficient (Wildman–Crippen LogP) is 1.18. The maximum absolute atomic E-state index is 11.7. The van der Waals surface area contributed by atoms with E-state index < -0.39 is 6.04 Å². The molecule has 2 amide bonds. The van der Waals surface area contributed by atoms with Gasteiger partial charge >= 0.3 is 0 Å². The molecule has 0 radical (unpaired) electrons. The number of carbonyl (C=O) groups excluding carboxylic acids is 2. The van der Waals surface area contributed by atoms with Crippen LogP contribution in [-0.4, -0.2) is 24.4 Å². The topological polar surface area (TPSA) is 84.2 Å². The van der Waals surface area contributed by atoms with E-state index in [1.807, 2.05) is 44.2 Å². The number of benzene rings is 1. The van der Waals surface area contributed by atoms with Gasteiger partial charge in [0.25, 0.3) is 0 Å². The van der Waals surface area contributed by atoms with Gasteiger partial charge in [0, 0.05) is 19.5 Å². The van der Waals surface area contributed by atoms with E-state index >= 15 is 0 Å². The first-order valence-electron chi connectivity index (χ1n) is 7.38. The summed E-state index contributed by atoms with van der Waals surface area (Å²) in [6.45, 7) is 4.75. The summed E-state index contributed by atoms with van der Waals surface area (Å²) >= 11 is 0. The van der Waals surface area contributed by atoms with Crippen LogP contribution in [0.1, 0.15) is 32.3 Å². The summed E-state index contributed by atoms with van der Waals surface area (Å²) in [6.07, 6.45) is 1.11. The Morgan fingerprint density at radius 3 is 2.48 bits per heavy atom. The third-order valence-electron chi connectivity index (χ3n) is 3.54. The van der Waals surface area contributed by atoms with E-state index in [0.717, 1.165) is 12.0 Å². The second-order valence-electron chi connectivity index (χ2n) is 5.21. The van der Waals surface area contributed by atoms with Crippen LogP contribution in [0.3, 0.4) is 0 Å². The molecular formula is C16H25N3O2. The van der Waals surface area contributed by atoms with Crippen LogP contribution in [0.4, 0.5) is 0 Å². The Balaban J connectivity index is 2.20. The van der Waals surface area contributed by atoms with Crippen molar-refractivity contribution >= 4 is 11.8 Å². The molecule has 5 heteroatoms. The molecule has 0 heterocycles. The minimum Gasteiger partial charge on any atom is -0.354 e. The van der Waals surface area contributed by atoms with Crippen molar-refractivity contribution in [1.29, 1.82) is 0 Å². The minimum atomic E-state index is -0.512. The molecule has 0 aliphatic carbocycles. The molecule has 0 fully saturated rings. The van der Waals surface area contributed by atoms with Crippen molar-refractivity contribution in [3.63, 3.8) is 0 Å². The lowest BCUT2D eigenvalue weighted by molar-refractivity contribution is -0.124. The third-order valence-corrected chi connectivity index (χ3v) is 3.54. The van der Waals surface area contributed by atoms with Gasteiger partial charge in [-0.05, 0) is 11.5 Å². The first-order chi connectivity index (χ1) is 10.0. The molecule has 2 unspecified atom stereocenters. The molecule has 0 aliphatic heterocycles. The number of hydrogen-bond donors (Lipinski definition) is 3. The van der Waals surface area contributed by atoms with Crippen LogP contribution in [0.25, 0.3) is 0 Å². The van der Waals surface area contributed by atoms with Crippen molar-refractivity contribution in [1.82, 2.24) is 10.6 Å². The zero-order valence-electron chi connectivity index (χ0n) is 12.8. The Labute approximate surface area is 126 Å². The Morgan fingerprint density at radius 1 is 1.19 bits per heavy atom. The molecule has 0 spiro atoms. The van der Waals surface area contributed by atoms with Gasteiger partial charge in [0.15, 0.2) is 0 Å². The van der Waals surface area contributed by atoms with Gasteiger partial charge < -0.3 is 16.4 Å². The summed E-state index contributed by atoms with van der Waals surface area (Å²) in [7, 11) is 0. The van der Waals surface area contributed by atoms with Crippen molar-refractivity contribution in [3.05, 3.63) is 35.9 Å². The normalized spacial score (nSPS) is 13.3. The Morgan fingerprint density at radius 2 is 1.86 bits per heavy atom. The van der Waals surface area contributed by atoms with Crippen LogP contribution in [0, 0.1) is 5.92 Å². The average Bonchev–Trinajstić information content (AvgIpc) is 2.52. The van der Waals surface area contributed by atoms with E-state index in [1.54, 1.807) is 0 Å². The highest BCUT2D eigenvalue weighted by Gasteiger charge is 2.18. The first kappa shape index (κ1) is 17.2. The Hall–Kier alpha value is -1.88. The number of nitrogens with one attached hydrogen (secondary N) is 2. The lowest BCUT2D eigenvalue weighted by atomic mass is 9.99. The number of rotatable bonds is 8. The zero-order chi connectivity index (χ0) is 15.7. The molecule has 0 saturated carbocycles. The van der Waals surface area contributed by atoms with Crippen molar-refractivity contribution in [2.24, 2.45) is 11.7 Å². The molecule has 0 bridgehead atoms. The van der Waals surface area contributed by atoms with E-state index in [0.29, 0.717) is 13.1 Å². The molecule has 4 N–H and O–H groups in total. The summed E-state index contributed by atoms with van der Waals surface area (Å²) in [4.78, 5) is 23.4. The van der Waals surface area contributed by atoms with Gasteiger partial charge in [-0.2, -0.15) is 0 Å². The minimum absolute atomic E-state index is 0.0868. The van der Waals surface area contributed by atoms with Crippen LogP contribution < -0.4 is 16.4 Å². The van der Waals surface area contributed by atoms with Crippen molar-refractivity contribution < 1.29 is 9.59 Å². The molecule has 1 aromatic carbocycles. The van der Waals surface area contributed by atoms with Gasteiger partial charge in [-0.1, -0.05) is 50.6 Å². The summed E-state index contributed by atoms with van der Waals surface area (Å²) in [6, 6.07) is 9.18. The Kier molecular flexibility index (Phi) is 7.46. The van der Waals surface area contributed by atoms with Crippen molar-refractivity contribution in [3.8, 4) is 0 Å². The largest absolute Gasteiger partial charge is 0.354 e. The van der Waals surface area contributed by atoms with Gasteiger partial charge in [-0.15, -0.1) is 0 Å².